The maximum Gasteiger partial charge on any atom is -0.0348 e. The smallest absolute Gasteiger partial charge is 0.0348 e. The van der Waals surface area contributed by atoms with Crippen molar-refractivity contribution < 1.29 is 0 Å². The number of rotatable bonds is 0. The predicted molar refractivity (Wildman–Crippen MR) is 59.7 cm³/mol. The van der Waals surface area contributed by atoms with Crippen molar-refractivity contribution >= 4 is 0 Å². The van der Waals surface area contributed by atoms with Crippen LogP contribution in [0.15, 0.2) is 36.5 Å². The van der Waals surface area contributed by atoms with E-state index in [4.69, 9.17) is 0 Å². The van der Waals surface area contributed by atoms with E-state index in [0.29, 0.717) is 0 Å². The van der Waals surface area contributed by atoms with Gasteiger partial charge in [-0.3, -0.25) is 0 Å². The summed E-state index contributed by atoms with van der Waals surface area (Å²) in [5, 5.41) is 0. The summed E-state index contributed by atoms with van der Waals surface area (Å²) in [6.45, 7) is 0. The van der Waals surface area contributed by atoms with Crippen molar-refractivity contribution in [2.24, 2.45) is 0 Å². The normalized spacial score (nSPS) is 25.2. The molecule has 1 rings (SSSR count). The molecule has 0 aliphatic heterocycles. The molecule has 1 aliphatic carbocycles. The standard InChI is InChI=1S/C13H20/c1-2-4-6-8-10-12-13-11-9-7-5-3-1/h1-6H,7-13H2/b2-1-,5-3+,6-4?. The first-order chi connectivity index (χ1) is 6.50. The quantitative estimate of drug-likeness (QED) is 0.513. The van der Waals surface area contributed by atoms with Crippen LogP contribution in [0.3, 0.4) is 0 Å². The number of hydrogen-bond donors (Lipinski definition) is 0. The van der Waals surface area contributed by atoms with E-state index < -0.39 is 0 Å². The highest BCUT2D eigenvalue weighted by atomic mass is 13.9. The Balaban J connectivity index is 2.29. The zero-order chi connectivity index (χ0) is 9.19. The molecule has 13 heavy (non-hydrogen) atoms. The molecule has 0 spiro atoms. The molecule has 1 aliphatic rings. The summed E-state index contributed by atoms with van der Waals surface area (Å²) in [6.07, 6.45) is 22.5. The van der Waals surface area contributed by atoms with Crippen LogP contribution in [-0.2, 0) is 0 Å². The Morgan fingerprint density at radius 1 is 0.462 bits per heavy atom. The fourth-order valence-electron chi connectivity index (χ4n) is 1.53. The fraction of sp³-hybridized carbons (Fsp3) is 0.538. The van der Waals surface area contributed by atoms with E-state index in [1.807, 2.05) is 0 Å². The summed E-state index contributed by atoms with van der Waals surface area (Å²) < 4.78 is 0. The molecule has 0 bridgehead atoms. The molecule has 0 aromatic rings. The molecule has 72 valence electrons. The molecule has 0 nitrogen and oxygen atoms in total. The van der Waals surface area contributed by atoms with Crippen molar-refractivity contribution in [3.8, 4) is 0 Å². The Kier molecular flexibility index (Phi) is 6.22. The van der Waals surface area contributed by atoms with Crippen LogP contribution in [0.1, 0.15) is 44.9 Å². The van der Waals surface area contributed by atoms with Crippen LogP contribution in [0.2, 0.25) is 0 Å². The first kappa shape index (κ1) is 10.3. The van der Waals surface area contributed by atoms with Gasteiger partial charge >= 0.3 is 0 Å². The second-order valence-electron chi connectivity index (χ2n) is 3.59. The lowest BCUT2D eigenvalue weighted by molar-refractivity contribution is 0.622. The summed E-state index contributed by atoms with van der Waals surface area (Å²) in [5.41, 5.74) is 0. The van der Waals surface area contributed by atoms with Gasteiger partial charge in [-0.1, -0.05) is 55.7 Å². The van der Waals surface area contributed by atoms with Crippen LogP contribution in [0, 0.1) is 0 Å². The van der Waals surface area contributed by atoms with Gasteiger partial charge < -0.3 is 0 Å². The van der Waals surface area contributed by atoms with Crippen LogP contribution < -0.4 is 0 Å². The lowest BCUT2D eigenvalue weighted by atomic mass is 10.1. The zero-order valence-electron chi connectivity index (χ0n) is 8.41. The van der Waals surface area contributed by atoms with Gasteiger partial charge in [0.05, 0.1) is 0 Å². The van der Waals surface area contributed by atoms with E-state index >= 15 is 0 Å². The van der Waals surface area contributed by atoms with Gasteiger partial charge in [-0.2, -0.15) is 0 Å². The molecule has 0 unspecified atom stereocenters. The average molecular weight is 176 g/mol. The maximum absolute atomic E-state index is 2.27. The Hall–Kier alpha value is -0.780. The van der Waals surface area contributed by atoms with Crippen LogP contribution in [0.4, 0.5) is 0 Å². The lowest BCUT2D eigenvalue weighted by Gasteiger charge is -1.97. The van der Waals surface area contributed by atoms with Gasteiger partial charge in [-0.05, 0) is 25.7 Å². The van der Waals surface area contributed by atoms with E-state index in [9.17, 15) is 0 Å². The highest BCUT2D eigenvalue weighted by molar-refractivity contribution is 5.10. The van der Waals surface area contributed by atoms with Gasteiger partial charge in [0.2, 0.25) is 0 Å². The van der Waals surface area contributed by atoms with Gasteiger partial charge in [0, 0.05) is 0 Å². The van der Waals surface area contributed by atoms with Gasteiger partial charge in [0.25, 0.3) is 0 Å². The highest BCUT2D eigenvalue weighted by Gasteiger charge is 1.88. The Bertz CT molecular complexity index is 164. The molecule has 0 fully saturated rings. The van der Waals surface area contributed by atoms with E-state index in [-0.39, 0.29) is 0 Å². The summed E-state index contributed by atoms with van der Waals surface area (Å²) >= 11 is 0. The molecule has 0 radical (unpaired) electrons. The SMILES string of the molecule is C1=CCCCCCCC/C=C/C=C\1. The first-order valence-corrected chi connectivity index (χ1v) is 5.48. The van der Waals surface area contributed by atoms with Gasteiger partial charge in [0.15, 0.2) is 0 Å². The Morgan fingerprint density at radius 3 is 1.46 bits per heavy atom. The molecular weight excluding hydrogens is 156 g/mol. The fourth-order valence-corrected chi connectivity index (χ4v) is 1.53. The monoisotopic (exact) mass is 176 g/mol. The number of hydrogen-bond acceptors (Lipinski definition) is 0. The third-order valence-corrected chi connectivity index (χ3v) is 2.35. The van der Waals surface area contributed by atoms with Crippen LogP contribution in [0.5, 0.6) is 0 Å². The summed E-state index contributed by atoms with van der Waals surface area (Å²) in [7, 11) is 0. The lowest BCUT2D eigenvalue weighted by Crippen LogP contribution is -1.77. The molecule has 0 saturated heterocycles. The van der Waals surface area contributed by atoms with Crippen LogP contribution in [-0.4, -0.2) is 0 Å². The second-order valence-corrected chi connectivity index (χ2v) is 3.59. The highest BCUT2D eigenvalue weighted by Crippen LogP contribution is 2.08. The first-order valence-electron chi connectivity index (χ1n) is 5.48. The second kappa shape index (κ2) is 7.85. The van der Waals surface area contributed by atoms with E-state index in [1.54, 1.807) is 0 Å². The maximum atomic E-state index is 2.27. The summed E-state index contributed by atoms with van der Waals surface area (Å²) in [5.74, 6) is 0. The van der Waals surface area contributed by atoms with E-state index in [2.05, 4.69) is 36.5 Å². The molecule has 0 aromatic carbocycles. The average Bonchev–Trinajstić information content (AvgIpc) is 2.18. The summed E-state index contributed by atoms with van der Waals surface area (Å²) in [4.78, 5) is 0. The molecule has 0 aromatic heterocycles. The third-order valence-electron chi connectivity index (χ3n) is 2.35. The minimum atomic E-state index is 1.24. The molecule has 0 heteroatoms. The van der Waals surface area contributed by atoms with E-state index in [0.717, 1.165) is 0 Å². The topological polar surface area (TPSA) is 0 Å². The zero-order valence-corrected chi connectivity index (χ0v) is 8.41. The molecule has 0 N–H and O–H groups in total. The summed E-state index contributed by atoms with van der Waals surface area (Å²) in [6, 6.07) is 0. The van der Waals surface area contributed by atoms with Crippen LogP contribution >= 0.6 is 0 Å². The van der Waals surface area contributed by atoms with Crippen molar-refractivity contribution in [2.75, 3.05) is 0 Å². The predicted octanol–water partition coefficient (Wildman–Crippen LogP) is 4.40. The van der Waals surface area contributed by atoms with E-state index in [1.165, 1.54) is 44.9 Å². The van der Waals surface area contributed by atoms with Crippen molar-refractivity contribution in [1.29, 1.82) is 0 Å². The van der Waals surface area contributed by atoms with Crippen molar-refractivity contribution in [3.05, 3.63) is 36.5 Å². The van der Waals surface area contributed by atoms with Gasteiger partial charge in [-0.15, -0.1) is 0 Å². The van der Waals surface area contributed by atoms with Crippen molar-refractivity contribution in [1.82, 2.24) is 0 Å². The molecule has 0 atom stereocenters. The Morgan fingerprint density at radius 2 is 0.923 bits per heavy atom. The molecule has 0 saturated carbocycles. The molecule has 0 heterocycles. The third kappa shape index (κ3) is 6.39. The van der Waals surface area contributed by atoms with Crippen LogP contribution in [0.25, 0.3) is 0 Å². The van der Waals surface area contributed by atoms with Crippen molar-refractivity contribution in [3.63, 3.8) is 0 Å². The minimum Gasteiger partial charge on any atom is -0.0845 e. The molecule has 0 amide bonds. The van der Waals surface area contributed by atoms with Gasteiger partial charge in [0.1, 0.15) is 0 Å². The number of allylic oxidation sites excluding steroid dienone is 6. The Labute approximate surface area is 82.0 Å². The minimum absolute atomic E-state index is 1.24. The molecular formula is C13H20. The van der Waals surface area contributed by atoms with Gasteiger partial charge in [-0.25, -0.2) is 0 Å². The largest absolute Gasteiger partial charge is 0.0845 e. The van der Waals surface area contributed by atoms with Crippen molar-refractivity contribution in [2.45, 2.75) is 44.9 Å².